The second-order valence-electron chi connectivity index (χ2n) is 11.5. The highest BCUT2D eigenvalue weighted by atomic mass is 16.5. The van der Waals surface area contributed by atoms with Gasteiger partial charge in [-0.05, 0) is 85.8 Å². The second kappa shape index (κ2) is 14.9. The van der Waals surface area contributed by atoms with Crippen molar-refractivity contribution in [1.29, 1.82) is 0 Å². The lowest BCUT2D eigenvalue weighted by Gasteiger charge is -2.31. The van der Waals surface area contributed by atoms with Crippen LogP contribution in [0.2, 0.25) is 0 Å². The molecule has 0 saturated carbocycles. The van der Waals surface area contributed by atoms with Gasteiger partial charge >= 0.3 is 0 Å². The van der Waals surface area contributed by atoms with Crippen LogP contribution in [0.3, 0.4) is 0 Å². The smallest absolute Gasteiger partial charge is 0.254 e. The maximum Gasteiger partial charge on any atom is 0.254 e. The highest BCUT2D eigenvalue weighted by molar-refractivity contribution is 5.94. The molecule has 0 aliphatic carbocycles. The SMILES string of the molecule is CCN(CC)CCCC(C)N(Cc1ccc(OC)c(OCc2ccccc2)c1)C(=O)c1ccc(C(C)(C)C)cc1. The fraction of sp³-hybridized carbons (Fsp3) is 0.457. The third-order valence-corrected chi connectivity index (χ3v) is 7.60. The summed E-state index contributed by atoms with van der Waals surface area (Å²) < 4.78 is 11.8. The molecule has 3 aromatic carbocycles. The number of hydrogen-bond acceptors (Lipinski definition) is 4. The fourth-order valence-corrected chi connectivity index (χ4v) is 4.88. The van der Waals surface area contributed by atoms with Gasteiger partial charge in [-0.3, -0.25) is 4.79 Å². The summed E-state index contributed by atoms with van der Waals surface area (Å²) >= 11 is 0. The normalized spacial score (nSPS) is 12.3. The quantitative estimate of drug-likeness (QED) is 0.208. The first kappa shape index (κ1) is 31.2. The van der Waals surface area contributed by atoms with Gasteiger partial charge in [-0.2, -0.15) is 0 Å². The zero-order valence-corrected chi connectivity index (χ0v) is 25.6. The monoisotopic (exact) mass is 544 g/mol. The van der Waals surface area contributed by atoms with Gasteiger partial charge in [0.25, 0.3) is 5.91 Å². The Morgan fingerprint density at radius 2 is 1.55 bits per heavy atom. The molecule has 3 rings (SSSR count). The molecule has 0 N–H and O–H groups in total. The van der Waals surface area contributed by atoms with E-state index in [-0.39, 0.29) is 17.4 Å². The Hall–Kier alpha value is -3.31. The molecule has 0 aliphatic rings. The first-order chi connectivity index (χ1) is 19.2. The fourth-order valence-electron chi connectivity index (χ4n) is 4.88. The van der Waals surface area contributed by atoms with Crippen molar-refractivity contribution in [3.05, 3.63) is 95.1 Å². The number of rotatable bonds is 14. The molecule has 40 heavy (non-hydrogen) atoms. The van der Waals surface area contributed by atoms with E-state index in [0.29, 0.717) is 24.7 Å². The molecule has 0 heterocycles. The Balaban J connectivity index is 1.84. The van der Waals surface area contributed by atoms with Gasteiger partial charge in [0.1, 0.15) is 6.61 Å². The summed E-state index contributed by atoms with van der Waals surface area (Å²) in [7, 11) is 1.65. The maximum absolute atomic E-state index is 13.9. The second-order valence-corrected chi connectivity index (χ2v) is 11.5. The van der Waals surface area contributed by atoms with Crippen molar-refractivity contribution in [2.24, 2.45) is 0 Å². The minimum atomic E-state index is 0.0399. The van der Waals surface area contributed by atoms with Crippen molar-refractivity contribution in [3.8, 4) is 11.5 Å². The van der Waals surface area contributed by atoms with Crippen LogP contribution >= 0.6 is 0 Å². The van der Waals surface area contributed by atoms with Crippen molar-refractivity contribution >= 4 is 5.91 Å². The number of methoxy groups -OCH3 is 1. The van der Waals surface area contributed by atoms with Crippen LogP contribution in [0.1, 0.15) is 81.4 Å². The van der Waals surface area contributed by atoms with E-state index in [2.05, 4.69) is 58.6 Å². The van der Waals surface area contributed by atoms with E-state index in [4.69, 9.17) is 9.47 Å². The van der Waals surface area contributed by atoms with E-state index < -0.39 is 0 Å². The average molecular weight is 545 g/mol. The molecule has 1 atom stereocenters. The molecule has 0 saturated heterocycles. The van der Waals surface area contributed by atoms with Crippen LogP contribution in [-0.2, 0) is 18.6 Å². The number of hydrogen-bond donors (Lipinski definition) is 0. The molecular formula is C35H48N2O3. The topological polar surface area (TPSA) is 42.0 Å². The van der Waals surface area contributed by atoms with E-state index >= 15 is 0 Å². The van der Waals surface area contributed by atoms with E-state index in [1.54, 1.807) is 7.11 Å². The van der Waals surface area contributed by atoms with Crippen LogP contribution in [0.4, 0.5) is 0 Å². The molecule has 1 amide bonds. The Bertz CT molecular complexity index is 1180. The van der Waals surface area contributed by atoms with Crippen molar-refractivity contribution in [2.45, 2.75) is 79.0 Å². The first-order valence-electron chi connectivity index (χ1n) is 14.6. The van der Waals surface area contributed by atoms with Gasteiger partial charge in [-0.1, -0.05) is 83.1 Å². The zero-order chi connectivity index (χ0) is 29.1. The predicted molar refractivity (Wildman–Crippen MR) is 165 cm³/mol. The van der Waals surface area contributed by atoms with Crippen LogP contribution in [0.15, 0.2) is 72.8 Å². The Labute approximate surface area is 242 Å². The summed E-state index contributed by atoms with van der Waals surface area (Å²) in [5.74, 6) is 1.42. The summed E-state index contributed by atoms with van der Waals surface area (Å²) in [4.78, 5) is 18.4. The van der Waals surface area contributed by atoms with Crippen molar-refractivity contribution in [2.75, 3.05) is 26.7 Å². The van der Waals surface area contributed by atoms with E-state index in [0.717, 1.165) is 49.2 Å². The van der Waals surface area contributed by atoms with Crippen molar-refractivity contribution in [3.63, 3.8) is 0 Å². The van der Waals surface area contributed by atoms with Crippen LogP contribution in [0.5, 0.6) is 11.5 Å². The molecule has 5 nitrogen and oxygen atoms in total. The molecule has 0 bridgehead atoms. The molecule has 1 unspecified atom stereocenters. The van der Waals surface area contributed by atoms with Crippen LogP contribution in [-0.4, -0.2) is 48.5 Å². The Morgan fingerprint density at radius 1 is 0.875 bits per heavy atom. The van der Waals surface area contributed by atoms with Gasteiger partial charge in [0.15, 0.2) is 11.5 Å². The zero-order valence-electron chi connectivity index (χ0n) is 25.6. The molecule has 0 aliphatic heterocycles. The lowest BCUT2D eigenvalue weighted by atomic mass is 9.86. The van der Waals surface area contributed by atoms with Gasteiger partial charge in [-0.15, -0.1) is 0 Å². The number of amides is 1. The summed E-state index contributed by atoms with van der Waals surface area (Å²) in [6, 6.07) is 24.3. The summed E-state index contributed by atoms with van der Waals surface area (Å²) in [5.41, 5.74) is 4.08. The highest BCUT2D eigenvalue weighted by Crippen LogP contribution is 2.30. The summed E-state index contributed by atoms with van der Waals surface area (Å²) in [6.45, 7) is 17.2. The largest absolute Gasteiger partial charge is 0.493 e. The molecule has 0 radical (unpaired) electrons. The minimum Gasteiger partial charge on any atom is -0.493 e. The van der Waals surface area contributed by atoms with Crippen molar-refractivity contribution in [1.82, 2.24) is 9.80 Å². The van der Waals surface area contributed by atoms with Gasteiger partial charge in [0, 0.05) is 18.2 Å². The predicted octanol–water partition coefficient (Wildman–Crippen LogP) is 7.72. The van der Waals surface area contributed by atoms with Gasteiger partial charge < -0.3 is 19.3 Å². The van der Waals surface area contributed by atoms with Crippen molar-refractivity contribution < 1.29 is 14.3 Å². The minimum absolute atomic E-state index is 0.0399. The number of benzene rings is 3. The third kappa shape index (κ3) is 8.85. The third-order valence-electron chi connectivity index (χ3n) is 7.60. The lowest BCUT2D eigenvalue weighted by Crippen LogP contribution is -2.38. The van der Waals surface area contributed by atoms with Crippen LogP contribution in [0.25, 0.3) is 0 Å². The van der Waals surface area contributed by atoms with Crippen LogP contribution < -0.4 is 9.47 Å². The highest BCUT2D eigenvalue weighted by Gasteiger charge is 2.23. The number of carbonyl (C=O) groups excluding carboxylic acids is 1. The standard InChI is InChI=1S/C35H48N2O3/c1-8-36(9-2)23-13-14-27(3)37(34(38)30-18-20-31(21-19-30)35(4,5)6)25-29-17-22-32(39-7)33(24-29)40-26-28-15-11-10-12-16-28/h10-12,15-22,24,27H,8-9,13-14,23,25-26H2,1-7H3. The maximum atomic E-state index is 13.9. The lowest BCUT2D eigenvalue weighted by molar-refractivity contribution is 0.0662. The molecule has 3 aromatic rings. The number of nitrogens with zero attached hydrogens (tertiary/aromatic N) is 2. The average Bonchev–Trinajstić information content (AvgIpc) is 2.96. The van der Waals surface area contributed by atoms with E-state index in [1.165, 1.54) is 5.56 Å². The first-order valence-corrected chi connectivity index (χ1v) is 14.6. The summed E-state index contributed by atoms with van der Waals surface area (Å²) in [5, 5.41) is 0. The molecule has 0 spiro atoms. The molecule has 5 heteroatoms. The van der Waals surface area contributed by atoms with E-state index in [1.807, 2.05) is 65.6 Å². The Morgan fingerprint density at radius 3 is 2.15 bits per heavy atom. The van der Waals surface area contributed by atoms with E-state index in [9.17, 15) is 4.79 Å². The molecule has 0 aromatic heterocycles. The van der Waals surface area contributed by atoms with Gasteiger partial charge in [0.05, 0.1) is 7.11 Å². The molecular weight excluding hydrogens is 496 g/mol. The molecule has 0 fully saturated rings. The summed E-state index contributed by atoms with van der Waals surface area (Å²) in [6.07, 6.45) is 1.99. The Kier molecular flexibility index (Phi) is 11.6. The van der Waals surface area contributed by atoms with Crippen LogP contribution in [0, 0.1) is 0 Å². The van der Waals surface area contributed by atoms with Gasteiger partial charge in [0.2, 0.25) is 0 Å². The number of carbonyl (C=O) groups is 1. The van der Waals surface area contributed by atoms with Gasteiger partial charge in [-0.25, -0.2) is 0 Å². The molecule has 216 valence electrons. The number of ether oxygens (including phenoxy) is 2.